The Balaban J connectivity index is 2.59. The molecule has 1 heterocycles. The Morgan fingerprint density at radius 3 is 2.86 bits per heavy atom. The normalized spacial score (nSPS) is 11.0. The highest BCUT2D eigenvalue weighted by molar-refractivity contribution is 7.10. The summed E-state index contributed by atoms with van der Waals surface area (Å²) in [5.41, 5.74) is -0.118. The van der Waals surface area contributed by atoms with Crippen molar-refractivity contribution in [3.63, 3.8) is 0 Å². The number of nitrogens with one attached hydrogen (secondary N) is 1. The molecule has 0 aromatic carbocycles. The van der Waals surface area contributed by atoms with Crippen molar-refractivity contribution in [3.8, 4) is 0 Å². The number of rotatable bonds is 4. The van der Waals surface area contributed by atoms with Crippen molar-refractivity contribution in [1.82, 2.24) is 5.32 Å². The van der Waals surface area contributed by atoms with Crippen LogP contribution < -0.4 is 5.32 Å². The lowest BCUT2D eigenvalue weighted by Gasteiger charge is -2.22. The Bertz CT molecular complexity index is 317. The van der Waals surface area contributed by atoms with E-state index < -0.39 is 5.91 Å². The Morgan fingerprint density at radius 1 is 1.64 bits per heavy atom. The van der Waals surface area contributed by atoms with E-state index in [-0.39, 0.29) is 5.41 Å². The molecule has 0 saturated heterocycles. The van der Waals surface area contributed by atoms with E-state index in [0.717, 1.165) is 0 Å². The molecule has 4 heteroatoms. The molecule has 0 unspecified atom stereocenters. The highest BCUT2D eigenvalue weighted by atomic mass is 32.1. The standard InChI is InChI=1S/C10H13NO2S/c1-10(2,7-11-9(13)6-12)8-4-3-5-14-8/h3-6H,7H2,1-2H3,(H,11,13). The minimum atomic E-state index is -0.561. The van der Waals surface area contributed by atoms with Gasteiger partial charge in [-0.1, -0.05) is 19.9 Å². The van der Waals surface area contributed by atoms with Crippen LogP contribution in [0.25, 0.3) is 0 Å². The van der Waals surface area contributed by atoms with Gasteiger partial charge in [-0.25, -0.2) is 0 Å². The Kier molecular flexibility index (Phi) is 3.41. The number of thiophene rings is 1. The Labute approximate surface area is 87.1 Å². The molecule has 3 nitrogen and oxygen atoms in total. The molecule has 76 valence electrons. The van der Waals surface area contributed by atoms with Crippen LogP contribution in [0.2, 0.25) is 0 Å². The number of hydrogen-bond acceptors (Lipinski definition) is 3. The quantitative estimate of drug-likeness (QED) is 0.603. The lowest BCUT2D eigenvalue weighted by atomic mass is 9.91. The predicted octanol–water partition coefficient (Wildman–Crippen LogP) is 1.34. The zero-order chi connectivity index (χ0) is 10.6. The molecule has 0 aliphatic carbocycles. The van der Waals surface area contributed by atoms with Crippen LogP contribution in [0.5, 0.6) is 0 Å². The average molecular weight is 211 g/mol. The predicted molar refractivity (Wildman–Crippen MR) is 56.4 cm³/mol. The average Bonchev–Trinajstić information content (AvgIpc) is 2.67. The monoisotopic (exact) mass is 211 g/mol. The van der Waals surface area contributed by atoms with Crippen LogP contribution in [0.1, 0.15) is 18.7 Å². The molecule has 1 aromatic rings. The van der Waals surface area contributed by atoms with Gasteiger partial charge in [0.1, 0.15) is 0 Å². The van der Waals surface area contributed by atoms with Gasteiger partial charge in [-0.3, -0.25) is 9.59 Å². The molecular formula is C10H13NO2S. The number of carbonyl (C=O) groups excluding carboxylic acids is 2. The van der Waals surface area contributed by atoms with Crippen LogP contribution >= 0.6 is 11.3 Å². The lowest BCUT2D eigenvalue weighted by Crippen LogP contribution is -2.36. The molecule has 1 N–H and O–H groups in total. The highest BCUT2D eigenvalue weighted by Crippen LogP contribution is 2.26. The Morgan fingerprint density at radius 2 is 2.36 bits per heavy atom. The number of amides is 1. The minimum Gasteiger partial charge on any atom is -0.349 e. The summed E-state index contributed by atoms with van der Waals surface area (Å²) in [6.45, 7) is 4.54. The van der Waals surface area contributed by atoms with Gasteiger partial charge in [-0.15, -0.1) is 11.3 Å². The second-order valence-corrected chi connectivity index (χ2v) is 4.64. The van der Waals surface area contributed by atoms with E-state index in [1.807, 2.05) is 31.4 Å². The van der Waals surface area contributed by atoms with Gasteiger partial charge in [-0.05, 0) is 11.4 Å². The third kappa shape index (κ3) is 2.67. The van der Waals surface area contributed by atoms with Crippen molar-refractivity contribution in [3.05, 3.63) is 22.4 Å². The first-order valence-corrected chi connectivity index (χ1v) is 5.21. The van der Waals surface area contributed by atoms with Crippen molar-refractivity contribution in [2.45, 2.75) is 19.3 Å². The van der Waals surface area contributed by atoms with Crippen LogP contribution in [-0.4, -0.2) is 18.7 Å². The van der Waals surface area contributed by atoms with Crippen LogP contribution in [0.4, 0.5) is 0 Å². The van der Waals surface area contributed by atoms with Gasteiger partial charge in [-0.2, -0.15) is 0 Å². The van der Waals surface area contributed by atoms with Crippen LogP contribution in [0.15, 0.2) is 17.5 Å². The fraction of sp³-hybridized carbons (Fsp3) is 0.400. The van der Waals surface area contributed by atoms with Crippen LogP contribution in [0.3, 0.4) is 0 Å². The van der Waals surface area contributed by atoms with Crippen molar-refractivity contribution in [2.24, 2.45) is 0 Å². The first-order chi connectivity index (χ1) is 6.56. The zero-order valence-electron chi connectivity index (χ0n) is 8.24. The molecule has 0 bridgehead atoms. The van der Waals surface area contributed by atoms with Gasteiger partial charge in [0.15, 0.2) is 0 Å². The van der Waals surface area contributed by atoms with E-state index in [4.69, 9.17) is 0 Å². The maximum Gasteiger partial charge on any atom is 0.284 e. The van der Waals surface area contributed by atoms with Crippen molar-refractivity contribution >= 4 is 23.5 Å². The lowest BCUT2D eigenvalue weighted by molar-refractivity contribution is -0.131. The fourth-order valence-corrected chi connectivity index (χ4v) is 1.95. The number of aldehydes is 1. The molecular weight excluding hydrogens is 198 g/mol. The van der Waals surface area contributed by atoms with Gasteiger partial charge < -0.3 is 5.32 Å². The van der Waals surface area contributed by atoms with E-state index >= 15 is 0 Å². The van der Waals surface area contributed by atoms with E-state index in [2.05, 4.69) is 5.32 Å². The zero-order valence-corrected chi connectivity index (χ0v) is 9.06. The molecule has 0 atom stereocenters. The van der Waals surface area contributed by atoms with E-state index in [0.29, 0.717) is 12.8 Å². The summed E-state index contributed by atoms with van der Waals surface area (Å²) in [5.74, 6) is -0.561. The minimum absolute atomic E-state index is 0.118. The number of carbonyl (C=O) groups is 2. The second kappa shape index (κ2) is 4.37. The molecule has 0 fully saturated rings. The van der Waals surface area contributed by atoms with Crippen LogP contribution in [-0.2, 0) is 15.0 Å². The second-order valence-electron chi connectivity index (χ2n) is 3.70. The van der Waals surface area contributed by atoms with E-state index in [9.17, 15) is 9.59 Å². The van der Waals surface area contributed by atoms with Gasteiger partial charge >= 0.3 is 0 Å². The highest BCUT2D eigenvalue weighted by Gasteiger charge is 2.21. The SMILES string of the molecule is CC(C)(CNC(=O)C=O)c1cccs1. The smallest absolute Gasteiger partial charge is 0.284 e. The molecule has 14 heavy (non-hydrogen) atoms. The van der Waals surface area contributed by atoms with Crippen molar-refractivity contribution in [1.29, 1.82) is 0 Å². The third-order valence-corrected chi connectivity index (χ3v) is 3.24. The summed E-state index contributed by atoms with van der Waals surface area (Å²) in [4.78, 5) is 22.0. The molecule has 0 saturated carbocycles. The summed E-state index contributed by atoms with van der Waals surface area (Å²) >= 11 is 1.65. The summed E-state index contributed by atoms with van der Waals surface area (Å²) in [7, 11) is 0. The summed E-state index contributed by atoms with van der Waals surface area (Å²) in [5, 5.41) is 4.56. The van der Waals surface area contributed by atoms with Crippen molar-refractivity contribution in [2.75, 3.05) is 6.54 Å². The fourth-order valence-electron chi connectivity index (χ4n) is 1.10. The Hall–Kier alpha value is -1.16. The maximum atomic E-state index is 10.8. The molecule has 0 radical (unpaired) electrons. The molecule has 0 aliphatic heterocycles. The summed E-state index contributed by atoms with van der Waals surface area (Å²) in [6, 6.07) is 4.00. The maximum absolute atomic E-state index is 10.8. The van der Waals surface area contributed by atoms with Crippen LogP contribution in [0, 0.1) is 0 Å². The summed E-state index contributed by atoms with van der Waals surface area (Å²) < 4.78 is 0. The van der Waals surface area contributed by atoms with E-state index in [1.165, 1.54) is 4.88 Å². The third-order valence-electron chi connectivity index (χ3n) is 2.00. The molecule has 1 aromatic heterocycles. The van der Waals surface area contributed by atoms with Gasteiger partial charge in [0.05, 0.1) is 0 Å². The van der Waals surface area contributed by atoms with Crippen molar-refractivity contribution < 1.29 is 9.59 Å². The first-order valence-electron chi connectivity index (χ1n) is 4.33. The first kappa shape index (κ1) is 10.9. The molecule has 1 amide bonds. The van der Waals surface area contributed by atoms with E-state index in [1.54, 1.807) is 11.3 Å². The largest absolute Gasteiger partial charge is 0.349 e. The van der Waals surface area contributed by atoms with Gasteiger partial charge in [0.2, 0.25) is 6.29 Å². The molecule has 0 spiro atoms. The number of hydrogen-bond donors (Lipinski definition) is 1. The topological polar surface area (TPSA) is 46.2 Å². The molecule has 1 rings (SSSR count). The molecule has 0 aliphatic rings. The van der Waals surface area contributed by atoms with Gasteiger partial charge in [0, 0.05) is 16.8 Å². The summed E-state index contributed by atoms with van der Waals surface area (Å²) in [6.07, 6.45) is 0.296. The van der Waals surface area contributed by atoms with Gasteiger partial charge in [0.25, 0.3) is 5.91 Å².